The second kappa shape index (κ2) is 6.09. The molecule has 0 amide bonds. The zero-order chi connectivity index (χ0) is 7.11. The molecule has 0 saturated carbocycles. The average molecular weight is 143 g/mol. The largest absolute Gasteiger partial charge is 0.0935 e. The van der Waals surface area contributed by atoms with Crippen LogP contribution >= 0.6 is 12.2 Å². The van der Waals surface area contributed by atoms with Crippen molar-refractivity contribution in [3.63, 3.8) is 0 Å². The normalized spacial score (nSPS) is 13.0. The quantitative estimate of drug-likeness (QED) is 0.421. The first-order valence-corrected chi connectivity index (χ1v) is 4.05. The fourth-order valence-electron chi connectivity index (χ4n) is 0.924. The fraction of sp³-hybridized carbons (Fsp3) is 0.750. The van der Waals surface area contributed by atoms with Gasteiger partial charge in [0, 0.05) is 5.92 Å². The van der Waals surface area contributed by atoms with Crippen LogP contribution < -0.4 is 0 Å². The van der Waals surface area contributed by atoms with Crippen molar-refractivity contribution in [1.29, 1.82) is 0 Å². The van der Waals surface area contributed by atoms with Crippen molar-refractivity contribution in [2.45, 2.75) is 32.6 Å². The Hall–Kier alpha value is -0.0400. The molecule has 0 aliphatic heterocycles. The van der Waals surface area contributed by atoms with Crippen LogP contribution in [0.3, 0.4) is 0 Å². The zero-order valence-corrected chi connectivity index (χ0v) is 6.91. The van der Waals surface area contributed by atoms with Gasteiger partial charge < -0.3 is 0 Å². The number of hydrogen-bond acceptors (Lipinski definition) is 1. The molecule has 0 fully saturated rings. The SMILES string of the molecule is [CH2+]CC(CC=S)CCC. The summed E-state index contributed by atoms with van der Waals surface area (Å²) in [6.45, 7) is 6.06. The van der Waals surface area contributed by atoms with Gasteiger partial charge in [0.1, 0.15) is 0 Å². The van der Waals surface area contributed by atoms with Crippen molar-refractivity contribution in [3.8, 4) is 0 Å². The van der Waals surface area contributed by atoms with Gasteiger partial charge in [-0.25, -0.2) is 0 Å². The molecule has 9 heavy (non-hydrogen) atoms. The predicted octanol–water partition coefficient (Wildman–Crippen LogP) is 3.02. The minimum atomic E-state index is 0.743. The van der Waals surface area contributed by atoms with Gasteiger partial charge in [-0.2, -0.15) is 0 Å². The van der Waals surface area contributed by atoms with Gasteiger partial charge in [-0.1, -0.05) is 25.6 Å². The molecule has 1 atom stereocenters. The second-order valence-electron chi connectivity index (χ2n) is 2.35. The molecule has 0 aromatic rings. The number of rotatable bonds is 5. The van der Waals surface area contributed by atoms with E-state index in [2.05, 4.69) is 13.8 Å². The Labute approximate surface area is 63.7 Å². The van der Waals surface area contributed by atoms with Crippen LogP contribution in [0.25, 0.3) is 0 Å². The molecular formula is C8H15S+. The monoisotopic (exact) mass is 143 g/mol. The van der Waals surface area contributed by atoms with Crippen LogP contribution in [0.1, 0.15) is 32.6 Å². The van der Waals surface area contributed by atoms with E-state index in [0.29, 0.717) is 0 Å². The molecule has 0 nitrogen and oxygen atoms in total. The third kappa shape index (κ3) is 4.46. The molecule has 0 aromatic carbocycles. The Morgan fingerprint density at radius 2 is 2.33 bits per heavy atom. The lowest BCUT2D eigenvalue weighted by Crippen LogP contribution is -1.97. The Morgan fingerprint density at radius 3 is 2.67 bits per heavy atom. The summed E-state index contributed by atoms with van der Waals surface area (Å²) in [6.07, 6.45) is 4.62. The van der Waals surface area contributed by atoms with Crippen LogP contribution in [0, 0.1) is 12.8 Å². The van der Waals surface area contributed by atoms with Gasteiger partial charge in [-0.15, -0.1) is 0 Å². The fourth-order valence-corrected chi connectivity index (χ4v) is 1.20. The molecule has 0 aliphatic carbocycles. The van der Waals surface area contributed by atoms with Gasteiger partial charge >= 0.3 is 0 Å². The Balaban J connectivity index is 3.28. The molecule has 0 aromatic heterocycles. The van der Waals surface area contributed by atoms with Crippen LogP contribution in [0.15, 0.2) is 0 Å². The summed E-state index contributed by atoms with van der Waals surface area (Å²) < 4.78 is 0. The van der Waals surface area contributed by atoms with E-state index in [1.807, 2.05) is 5.37 Å². The summed E-state index contributed by atoms with van der Waals surface area (Å²) in [7, 11) is 0. The topological polar surface area (TPSA) is 0 Å². The third-order valence-electron chi connectivity index (χ3n) is 1.53. The highest BCUT2D eigenvalue weighted by atomic mass is 32.1. The van der Waals surface area contributed by atoms with Crippen molar-refractivity contribution in [2.75, 3.05) is 0 Å². The highest BCUT2D eigenvalue weighted by molar-refractivity contribution is 7.78. The molecule has 1 unspecified atom stereocenters. The third-order valence-corrected chi connectivity index (χ3v) is 1.73. The van der Waals surface area contributed by atoms with Gasteiger partial charge in [0.2, 0.25) is 0 Å². The summed E-state index contributed by atoms with van der Waals surface area (Å²) in [5.74, 6) is 0.743. The molecule has 0 radical (unpaired) electrons. The van der Waals surface area contributed by atoms with Gasteiger partial charge in [0.25, 0.3) is 0 Å². The Kier molecular flexibility index (Phi) is 6.06. The summed E-state index contributed by atoms with van der Waals surface area (Å²) in [5, 5.41) is 1.82. The van der Waals surface area contributed by atoms with Crippen molar-refractivity contribution in [3.05, 3.63) is 6.92 Å². The number of thiocarbonyl (C=S) groups is 1. The van der Waals surface area contributed by atoms with Crippen molar-refractivity contribution in [1.82, 2.24) is 0 Å². The molecule has 0 rings (SSSR count). The smallest absolute Gasteiger partial charge is 0.0882 e. The van der Waals surface area contributed by atoms with Crippen LogP contribution in [0.2, 0.25) is 0 Å². The van der Waals surface area contributed by atoms with Gasteiger partial charge in [-0.3, -0.25) is 0 Å². The van der Waals surface area contributed by atoms with Crippen molar-refractivity contribution < 1.29 is 0 Å². The summed E-state index contributed by atoms with van der Waals surface area (Å²) in [4.78, 5) is 0. The molecular weight excluding hydrogens is 128 g/mol. The maximum Gasteiger partial charge on any atom is 0.0882 e. The minimum Gasteiger partial charge on any atom is -0.0935 e. The van der Waals surface area contributed by atoms with Crippen molar-refractivity contribution in [2.24, 2.45) is 5.92 Å². The highest BCUT2D eigenvalue weighted by Crippen LogP contribution is 2.12. The average Bonchev–Trinajstić information content (AvgIpc) is 1.88. The molecule has 0 spiro atoms. The standard InChI is InChI=1S/C8H15S/c1-3-5-8(4-2)6-7-9/h7-8H,2-6H2,1H3/q+1. The minimum absolute atomic E-state index is 0.743. The summed E-state index contributed by atoms with van der Waals surface area (Å²) >= 11 is 4.76. The Morgan fingerprint density at radius 1 is 1.67 bits per heavy atom. The summed E-state index contributed by atoms with van der Waals surface area (Å²) in [5.41, 5.74) is 0. The first kappa shape index (κ1) is 8.96. The van der Waals surface area contributed by atoms with E-state index in [4.69, 9.17) is 12.2 Å². The Bertz CT molecular complexity index is 69.0. The molecule has 52 valence electrons. The lowest BCUT2D eigenvalue weighted by molar-refractivity contribution is 0.506. The van der Waals surface area contributed by atoms with Gasteiger partial charge in [0.15, 0.2) is 0 Å². The maximum absolute atomic E-state index is 4.76. The van der Waals surface area contributed by atoms with E-state index in [0.717, 1.165) is 18.8 Å². The van der Waals surface area contributed by atoms with E-state index < -0.39 is 0 Å². The first-order chi connectivity index (χ1) is 4.35. The van der Waals surface area contributed by atoms with E-state index in [1.165, 1.54) is 12.8 Å². The molecule has 0 bridgehead atoms. The lowest BCUT2D eigenvalue weighted by Gasteiger charge is -2.04. The highest BCUT2D eigenvalue weighted by Gasteiger charge is 2.04. The van der Waals surface area contributed by atoms with Gasteiger partial charge in [0.05, 0.1) is 13.3 Å². The van der Waals surface area contributed by atoms with E-state index in [1.54, 1.807) is 0 Å². The molecule has 0 N–H and O–H groups in total. The van der Waals surface area contributed by atoms with Crippen LogP contribution in [-0.2, 0) is 0 Å². The van der Waals surface area contributed by atoms with Crippen molar-refractivity contribution >= 4 is 17.6 Å². The maximum atomic E-state index is 4.76. The van der Waals surface area contributed by atoms with E-state index >= 15 is 0 Å². The first-order valence-electron chi connectivity index (χ1n) is 3.58. The van der Waals surface area contributed by atoms with Crippen LogP contribution in [0.4, 0.5) is 0 Å². The van der Waals surface area contributed by atoms with E-state index in [9.17, 15) is 0 Å². The van der Waals surface area contributed by atoms with E-state index in [-0.39, 0.29) is 0 Å². The van der Waals surface area contributed by atoms with Gasteiger partial charge in [-0.05, 0) is 18.2 Å². The molecule has 0 saturated heterocycles. The van der Waals surface area contributed by atoms with Crippen LogP contribution in [0.5, 0.6) is 0 Å². The molecule has 0 aliphatic rings. The lowest BCUT2D eigenvalue weighted by atomic mass is 9.98. The summed E-state index contributed by atoms with van der Waals surface area (Å²) in [6, 6.07) is 0. The van der Waals surface area contributed by atoms with Crippen LogP contribution in [-0.4, -0.2) is 5.37 Å². The molecule has 0 heterocycles. The zero-order valence-electron chi connectivity index (χ0n) is 6.10. The number of hydrogen-bond donors (Lipinski definition) is 0. The second-order valence-corrected chi connectivity index (χ2v) is 2.68. The predicted molar refractivity (Wildman–Crippen MR) is 46.6 cm³/mol. The molecule has 1 heteroatoms.